The smallest absolute Gasteiger partial charge is 0.338 e. The first-order chi connectivity index (χ1) is 6.61. The molecule has 0 fully saturated rings. The molecule has 0 aromatic heterocycles. The van der Waals surface area contributed by atoms with Crippen molar-refractivity contribution in [3.8, 4) is 0 Å². The zero-order valence-electron chi connectivity index (χ0n) is 8.03. The van der Waals surface area contributed by atoms with Crippen molar-refractivity contribution in [2.24, 2.45) is 0 Å². The summed E-state index contributed by atoms with van der Waals surface area (Å²) in [5.74, 6) is -1.38. The molecular formula is C11H13FO2. The molecule has 3 heteroatoms. The zero-order valence-corrected chi connectivity index (χ0v) is 8.03. The summed E-state index contributed by atoms with van der Waals surface area (Å²) >= 11 is 0. The fourth-order valence-corrected chi connectivity index (χ4v) is 1.30. The SMILES string of the molecule is Cc1ccccc1CCC(F)C(=O)O. The first kappa shape index (κ1) is 10.7. The second-order valence-electron chi connectivity index (χ2n) is 3.27. The van der Waals surface area contributed by atoms with Gasteiger partial charge in [-0.1, -0.05) is 24.3 Å². The van der Waals surface area contributed by atoms with Crippen molar-refractivity contribution >= 4 is 5.97 Å². The minimum absolute atomic E-state index is 0.0419. The first-order valence-corrected chi connectivity index (χ1v) is 4.52. The molecule has 1 rings (SSSR count). The maximum atomic E-state index is 12.7. The van der Waals surface area contributed by atoms with Crippen LogP contribution in [0, 0.1) is 6.92 Å². The summed E-state index contributed by atoms with van der Waals surface area (Å²) in [5, 5.41) is 8.35. The molecule has 0 amide bonds. The highest BCUT2D eigenvalue weighted by atomic mass is 19.1. The molecule has 2 nitrogen and oxygen atoms in total. The predicted molar refractivity (Wildman–Crippen MR) is 52.0 cm³/mol. The number of aryl methyl sites for hydroxylation is 2. The van der Waals surface area contributed by atoms with Crippen LogP contribution in [0.15, 0.2) is 24.3 Å². The molecule has 0 saturated carbocycles. The van der Waals surface area contributed by atoms with Gasteiger partial charge in [0.1, 0.15) is 0 Å². The molecule has 1 atom stereocenters. The molecule has 14 heavy (non-hydrogen) atoms. The lowest BCUT2D eigenvalue weighted by Crippen LogP contribution is -2.15. The molecule has 76 valence electrons. The van der Waals surface area contributed by atoms with E-state index in [1.807, 2.05) is 31.2 Å². The number of carbonyl (C=O) groups is 1. The molecule has 0 spiro atoms. The van der Waals surface area contributed by atoms with E-state index < -0.39 is 12.1 Å². The number of hydrogen-bond donors (Lipinski definition) is 1. The lowest BCUT2D eigenvalue weighted by Gasteiger charge is -2.05. The summed E-state index contributed by atoms with van der Waals surface area (Å²) in [4.78, 5) is 10.2. The van der Waals surface area contributed by atoms with Crippen LogP contribution in [0.2, 0.25) is 0 Å². The van der Waals surface area contributed by atoms with Gasteiger partial charge in [-0.3, -0.25) is 0 Å². The molecule has 0 radical (unpaired) electrons. The van der Waals surface area contributed by atoms with Crippen LogP contribution in [0.4, 0.5) is 4.39 Å². The van der Waals surface area contributed by atoms with Crippen molar-refractivity contribution in [3.05, 3.63) is 35.4 Å². The fraction of sp³-hybridized carbons (Fsp3) is 0.364. The van der Waals surface area contributed by atoms with Gasteiger partial charge in [-0.25, -0.2) is 9.18 Å². The minimum atomic E-state index is -1.75. The van der Waals surface area contributed by atoms with Crippen LogP contribution in [-0.2, 0) is 11.2 Å². The quantitative estimate of drug-likeness (QED) is 0.802. The van der Waals surface area contributed by atoms with E-state index in [4.69, 9.17) is 5.11 Å². The predicted octanol–water partition coefficient (Wildman–Crippen LogP) is 2.35. The van der Waals surface area contributed by atoms with E-state index in [0.29, 0.717) is 6.42 Å². The lowest BCUT2D eigenvalue weighted by molar-refractivity contribution is -0.142. The van der Waals surface area contributed by atoms with E-state index >= 15 is 0 Å². The maximum Gasteiger partial charge on any atom is 0.338 e. The van der Waals surface area contributed by atoms with E-state index in [1.165, 1.54) is 0 Å². The summed E-state index contributed by atoms with van der Waals surface area (Å²) in [6, 6.07) is 7.60. The molecule has 0 aliphatic carbocycles. The third-order valence-electron chi connectivity index (χ3n) is 2.20. The number of rotatable bonds is 4. The highest BCUT2D eigenvalue weighted by Crippen LogP contribution is 2.11. The van der Waals surface area contributed by atoms with Crippen LogP contribution in [0.5, 0.6) is 0 Å². The van der Waals surface area contributed by atoms with Gasteiger partial charge >= 0.3 is 5.97 Å². The van der Waals surface area contributed by atoms with Crippen molar-refractivity contribution in [3.63, 3.8) is 0 Å². The van der Waals surface area contributed by atoms with E-state index in [9.17, 15) is 9.18 Å². The number of benzene rings is 1. The first-order valence-electron chi connectivity index (χ1n) is 4.52. The summed E-state index contributed by atoms with van der Waals surface area (Å²) in [6.45, 7) is 1.93. The molecular weight excluding hydrogens is 183 g/mol. The van der Waals surface area contributed by atoms with Crippen molar-refractivity contribution < 1.29 is 14.3 Å². The van der Waals surface area contributed by atoms with Crippen LogP contribution in [0.1, 0.15) is 17.5 Å². The average molecular weight is 196 g/mol. The Kier molecular flexibility index (Phi) is 3.63. The number of carboxylic acids is 1. The molecule has 0 aliphatic heterocycles. The Morgan fingerprint density at radius 1 is 1.50 bits per heavy atom. The molecule has 1 N–H and O–H groups in total. The van der Waals surface area contributed by atoms with Crippen LogP contribution in [-0.4, -0.2) is 17.2 Å². The normalized spacial score (nSPS) is 12.4. The topological polar surface area (TPSA) is 37.3 Å². The molecule has 0 saturated heterocycles. The Labute approximate surface area is 82.4 Å². The Bertz CT molecular complexity index is 323. The van der Waals surface area contributed by atoms with Gasteiger partial charge in [0.2, 0.25) is 0 Å². The standard InChI is InChI=1S/C11H13FO2/c1-8-4-2-3-5-9(8)6-7-10(12)11(13)14/h2-5,10H,6-7H2,1H3,(H,13,14). The second-order valence-corrected chi connectivity index (χ2v) is 3.27. The summed E-state index contributed by atoms with van der Waals surface area (Å²) in [6.07, 6.45) is -1.24. The minimum Gasteiger partial charge on any atom is -0.479 e. The third kappa shape index (κ3) is 2.83. The Balaban J connectivity index is 2.54. The van der Waals surface area contributed by atoms with Crippen molar-refractivity contribution in [1.82, 2.24) is 0 Å². The van der Waals surface area contributed by atoms with E-state index in [2.05, 4.69) is 0 Å². The molecule has 0 aliphatic rings. The highest BCUT2D eigenvalue weighted by Gasteiger charge is 2.15. The van der Waals surface area contributed by atoms with Crippen molar-refractivity contribution in [2.45, 2.75) is 25.9 Å². The number of alkyl halides is 1. The average Bonchev–Trinajstić information content (AvgIpc) is 2.16. The van der Waals surface area contributed by atoms with Crippen LogP contribution >= 0.6 is 0 Å². The number of hydrogen-bond acceptors (Lipinski definition) is 1. The van der Waals surface area contributed by atoms with E-state index in [0.717, 1.165) is 11.1 Å². The largest absolute Gasteiger partial charge is 0.479 e. The summed E-state index contributed by atoms with van der Waals surface area (Å²) in [5.41, 5.74) is 2.08. The van der Waals surface area contributed by atoms with Gasteiger partial charge in [0, 0.05) is 0 Å². The van der Waals surface area contributed by atoms with Gasteiger partial charge in [-0.05, 0) is 30.9 Å². The summed E-state index contributed by atoms with van der Waals surface area (Å²) in [7, 11) is 0. The molecule has 0 bridgehead atoms. The highest BCUT2D eigenvalue weighted by molar-refractivity contribution is 5.72. The van der Waals surface area contributed by atoms with Gasteiger partial charge in [0.15, 0.2) is 6.17 Å². The Morgan fingerprint density at radius 2 is 2.14 bits per heavy atom. The van der Waals surface area contributed by atoms with E-state index in [1.54, 1.807) is 0 Å². The van der Waals surface area contributed by atoms with Gasteiger partial charge < -0.3 is 5.11 Å². The zero-order chi connectivity index (χ0) is 10.6. The summed E-state index contributed by atoms with van der Waals surface area (Å²) < 4.78 is 12.7. The van der Waals surface area contributed by atoms with Gasteiger partial charge in [0.05, 0.1) is 0 Å². The van der Waals surface area contributed by atoms with Crippen LogP contribution < -0.4 is 0 Å². The Morgan fingerprint density at radius 3 is 2.71 bits per heavy atom. The molecule has 1 aromatic rings. The molecule has 1 unspecified atom stereocenters. The second kappa shape index (κ2) is 4.74. The number of carboxylic acid groups (broad SMARTS) is 1. The monoisotopic (exact) mass is 196 g/mol. The van der Waals surface area contributed by atoms with Crippen molar-refractivity contribution in [1.29, 1.82) is 0 Å². The van der Waals surface area contributed by atoms with Crippen LogP contribution in [0.3, 0.4) is 0 Å². The maximum absolute atomic E-state index is 12.7. The number of aliphatic carboxylic acids is 1. The molecule has 0 heterocycles. The van der Waals surface area contributed by atoms with E-state index in [-0.39, 0.29) is 6.42 Å². The Hall–Kier alpha value is -1.38. The number of halogens is 1. The fourth-order valence-electron chi connectivity index (χ4n) is 1.30. The third-order valence-corrected chi connectivity index (χ3v) is 2.20. The van der Waals surface area contributed by atoms with Gasteiger partial charge in [-0.2, -0.15) is 0 Å². The van der Waals surface area contributed by atoms with Gasteiger partial charge in [0.25, 0.3) is 0 Å². The van der Waals surface area contributed by atoms with Crippen LogP contribution in [0.25, 0.3) is 0 Å². The van der Waals surface area contributed by atoms with Crippen molar-refractivity contribution in [2.75, 3.05) is 0 Å². The van der Waals surface area contributed by atoms with Gasteiger partial charge in [-0.15, -0.1) is 0 Å². The molecule has 1 aromatic carbocycles. The lowest BCUT2D eigenvalue weighted by atomic mass is 10.0.